The molecule has 144 valence electrons. The molecule has 0 saturated carbocycles. The average Bonchev–Trinajstić information content (AvgIpc) is 2.69. The summed E-state index contributed by atoms with van der Waals surface area (Å²) < 4.78 is 5.43. The van der Waals surface area contributed by atoms with E-state index in [1.807, 2.05) is 42.5 Å². The molecule has 2 N–H and O–H groups in total. The van der Waals surface area contributed by atoms with Crippen molar-refractivity contribution < 1.29 is 14.3 Å². The molecule has 6 heteroatoms. The van der Waals surface area contributed by atoms with Gasteiger partial charge in [0, 0.05) is 11.4 Å². The van der Waals surface area contributed by atoms with Crippen LogP contribution < -0.4 is 15.6 Å². The highest BCUT2D eigenvalue weighted by atomic mass is 35.5. The molecule has 5 nitrogen and oxygen atoms in total. The Balaban J connectivity index is 1.68. The van der Waals surface area contributed by atoms with Crippen LogP contribution in [0.3, 0.4) is 0 Å². The molecule has 0 heterocycles. The number of halogens is 1. The van der Waals surface area contributed by atoms with Gasteiger partial charge in [-0.05, 0) is 48.1 Å². The molecule has 2 aromatic rings. The number of ether oxygens (including phenoxy) is 1. The maximum atomic E-state index is 11.8. The van der Waals surface area contributed by atoms with E-state index in [4.69, 9.17) is 16.3 Å². The van der Waals surface area contributed by atoms with Crippen LogP contribution in [0.4, 0.5) is 0 Å². The molecule has 0 aliphatic rings. The highest BCUT2D eigenvalue weighted by Crippen LogP contribution is 2.21. The molecule has 1 atom stereocenters. The van der Waals surface area contributed by atoms with Crippen LogP contribution in [0, 0.1) is 0 Å². The fraction of sp³-hybridized carbons (Fsp3) is 0.333. The van der Waals surface area contributed by atoms with Crippen LogP contribution in [0.5, 0.6) is 5.75 Å². The summed E-state index contributed by atoms with van der Waals surface area (Å²) in [6, 6.07) is 15.0. The number of nitrogens with one attached hydrogen (secondary N) is 2. The monoisotopic (exact) mass is 388 g/mol. The largest absolute Gasteiger partial charge is 0.484 e. The Morgan fingerprint density at radius 3 is 2.37 bits per heavy atom. The molecule has 0 aliphatic heterocycles. The summed E-state index contributed by atoms with van der Waals surface area (Å²) in [5.74, 6) is 0.388. The van der Waals surface area contributed by atoms with Crippen LogP contribution in [-0.4, -0.2) is 18.4 Å². The van der Waals surface area contributed by atoms with Gasteiger partial charge in [-0.3, -0.25) is 20.4 Å². The summed E-state index contributed by atoms with van der Waals surface area (Å²) in [7, 11) is 0. The molecule has 27 heavy (non-hydrogen) atoms. The molecule has 2 amide bonds. The van der Waals surface area contributed by atoms with E-state index < -0.39 is 5.91 Å². The fourth-order valence-electron chi connectivity index (χ4n) is 2.46. The van der Waals surface area contributed by atoms with Crippen LogP contribution >= 0.6 is 11.6 Å². The Bertz CT molecular complexity index is 762. The first-order valence-electron chi connectivity index (χ1n) is 9.03. The van der Waals surface area contributed by atoms with E-state index in [1.54, 1.807) is 6.07 Å². The van der Waals surface area contributed by atoms with Crippen molar-refractivity contribution in [3.8, 4) is 5.75 Å². The summed E-state index contributed by atoms with van der Waals surface area (Å²) in [4.78, 5) is 23.6. The van der Waals surface area contributed by atoms with Crippen molar-refractivity contribution in [1.29, 1.82) is 0 Å². The van der Waals surface area contributed by atoms with Gasteiger partial charge in [-0.2, -0.15) is 0 Å². The molecule has 1 unspecified atom stereocenters. The first kappa shape index (κ1) is 20.8. The lowest BCUT2D eigenvalue weighted by atomic mass is 9.99. The van der Waals surface area contributed by atoms with Crippen molar-refractivity contribution in [3.05, 3.63) is 64.7 Å². The highest BCUT2D eigenvalue weighted by molar-refractivity contribution is 6.31. The molecular formula is C21H25ClN2O3. The molecular weight excluding hydrogens is 364 g/mol. The Morgan fingerprint density at radius 2 is 1.70 bits per heavy atom. The Kier molecular flexibility index (Phi) is 8.14. The SMILES string of the molecule is CCC(C)c1ccc(OCC(=O)NNC(=O)CCc2ccccc2Cl)cc1. The normalized spacial score (nSPS) is 11.5. The van der Waals surface area contributed by atoms with Gasteiger partial charge in [-0.25, -0.2) is 0 Å². The second-order valence-corrected chi connectivity index (χ2v) is 6.76. The van der Waals surface area contributed by atoms with Gasteiger partial charge in [0.25, 0.3) is 5.91 Å². The van der Waals surface area contributed by atoms with Gasteiger partial charge < -0.3 is 4.74 Å². The lowest BCUT2D eigenvalue weighted by Crippen LogP contribution is -2.43. The lowest BCUT2D eigenvalue weighted by molar-refractivity contribution is -0.130. The molecule has 0 bridgehead atoms. The molecule has 0 saturated heterocycles. The number of amides is 2. The summed E-state index contributed by atoms with van der Waals surface area (Å²) in [6.45, 7) is 4.13. The minimum absolute atomic E-state index is 0.173. The Labute approximate surface area is 165 Å². The summed E-state index contributed by atoms with van der Waals surface area (Å²) in [5, 5.41) is 0.627. The quantitative estimate of drug-likeness (QED) is 0.671. The van der Waals surface area contributed by atoms with Crippen molar-refractivity contribution in [2.45, 2.75) is 39.0 Å². The van der Waals surface area contributed by atoms with Crippen LogP contribution in [0.1, 0.15) is 43.7 Å². The van der Waals surface area contributed by atoms with Crippen molar-refractivity contribution in [1.82, 2.24) is 10.9 Å². The molecule has 0 radical (unpaired) electrons. The van der Waals surface area contributed by atoms with Crippen LogP contribution in [-0.2, 0) is 16.0 Å². The van der Waals surface area contributed by atoms with Crippen molar-refractivity contribution in [2.75, 3.05) is 6.61 Å². The zero-order chi connectivity index (χ0) is 19.6. The standard InChI is InChI=1S/C21H25ClN2O3/c1-3-15(2)16-8-11-18(12-9-16)27-14-21(26)24-23-20(25)13-10-17-6-4-5-7-19(17)22/h4-9,11-12,15H,3,10,13-14H2,1-2H3,(H,23,25)(H,24,26). The van der Waals surface area contributed by atoms with Gasteiger partial charge in [0.05, 0.1) is 0 Å². The summed E-state index contributed by atoms with van der Waals surface area (Å²) >= 11 is 6.05. The Morgan fingerprint density at radius 1 is 1.04 bits per heavy atom. The number of hydrogen-bond donors (Lipinski definition) is 2. The molecule has 2 rings (SSSR count). The van der Waals surface area contributed by atoms with Gasteiger partial charge in [0.2, 0.25) is 5.91 Å². The predicted molar refractivity (Wildman–Crippen MR) is 107 cm³/mol. The van der Waals surface area contributed by atoms with Crippen molar-refractivity contribution >= 4 is 23.4 Å². The summed E-state index contributed by atoms with van der Waals surface area (Å²) in [5.41, 5.74) is 6.85. The number of aryl methyl sites for hydroxylation is 1. The van der Waals surface area contributed by atoms with E-state index in [0.29, 0.717) is 23.1 Å². The first-order chi connectivity index (χ1) is 13.0. The average molecular weight is 389 g/mol. The van der Waals surface area contributed by atoms with E-state index >= 15 is 0 Å². The molecule has 0 spiro atoms. The number of carbonyl (C=O) groups is 2. The zero-order valence-corrected chi connectivity index (χ0v) is 16.4. The lowest BCUT2D eigenvalue weighted by Gasteiger charge is -2.11. The topological polar surface area (TPSA) is 67.4 Å². The minimum Gasteiger partial charge on any atom is -0.484 e. The zero-order valence-electron chi connectivity index (χ0n) is 15.6. The number of hydrogen-bond acceptors (Lipinski definition) is 3. The molecule has 0 fully saturated rings. The second-order valence-electron chi connectivity index (χ2n) is 6.35. The number of hydrazine groups is 1. The van der Waals surface area contributed by atoms with Gasteiger partial charge >= 0.3 is 0 Å². The maximum Gasteiger partial charge on any atom is 0.276 e. The van der Waals surface area contributed by atoms with E-state index in [9.17, 15) is 9.59 Å². The number of rotatable bonds is 8. The van der Waals surface area contributed by atoms with Crippen LogP contribution in [0.2, 0.25) is 5.02 Å². The third-order valence-corrected chi connectivity index (χ3v) is 4.72. The van der Waals surface area contributed by atoms with E-state index in [1.165, 1.54) is 5.56 Å². The maximum absolute atomic E-state index is 11.8. The minimum atomic E-state index is -0.424. The third-order valence-electron chi connectivity index (χ3n) is 4.35. The highest BCUT2D eigenvalue weighted by Gasteiger charge is 2.08. The van der Waals surface area contributed by atoms with E-state index in [0.717, 1.165) is 12.0 Å². The van der Waals surface area contributed by atoms with Crippen molar-refractivity contribution in [3.63, 3.8) is 0 Å². The third kappa shape index (κ3) is 6.94. The van der Waals surface area contributed by atoms with Gasteiger partial charge in [0.1, 0.15) is 5.75 Å². The van der Waals surface area contributed by atoms with Gasteiger partial charge in [-0.15, -0.1) is 0 Å². The molecule has 0 aromatic heterocycles. The van der Waals surface area contributed by atoms with Gasteiger partial charge in [-0.1, -0.05) is 55.8 Å². The van der Waals surface area contributed by atoms with Gasteiger partial charge in [0.15, 0.2) is 6.61 Å². The Hall–Kier alpha value is -2.53. The first-order valence-corrected chi connectivity index (χ1v) is 9.41. The van der Waals surface area contributed by atoms with Crippen LogP contribution in [0.15, 0.2) is 48.5 Å². The van der Waals surface area contributed by atoms with Crippen LogP contribution in [0.25, 0.3) is 0 Å². The molecule has 2 aromatic carbocycles. The number of benzene rings is 2. The number of carbonyl (C=O) groups excluding carboxylic acids is 2. The predicted octanol–water partition coefficient (Wildman–Crippen LogP) is 4.01. The molecule has 0 aliphatic carbocycles. The smallest absolute Gasteiger partial charge is 0.276 e. The summed E-state index contributed by atoms with van der Waals surface area (Å²) in [6.07, 6.45) is 1.79. The van der Waals surface area contributed by atoms with E-state index in [2.05, 4.69) is 24.7 Å². The van der Waals surface area contributed by atoms with Crippen molar-refractivity contribution in [2.24, 2.45) is 0 Å². The van der Waals surface area contributed by atoms with E-state index in [-0.39, 0.29) is 18.9 Å². The fourth-order valence-corrected chi connectivity index (χ4v) is 2.69. The second kappa shape index (κ2) is 10.6.